The Morgan fingerprint density at radius 1 is 1.21 bits per heavy atom. The van der Waals surface area contributed by atoms with Crippen molar-refractivity contribution in [1.29, 1.82) is 0 Å². The number of hydrogen-bond acceptors (Lipinski definition) is 1. The van der Waals surface area contributed by atoms with Crippen molar-refractivity contribution in [3.8, 4) is 0 Å². The Morgan fingerprint density at radius 2 is 2.00 bits per heavy atom. The van der Waals surface area contributed by atoms with Gasteiger partial charge in [0, 0.05) is 6.04 Å². The third-order valence-electron chi connectivity index (χ3n) is 3.22. The largest absolute Gasteiger partial charge is 0.310 e. The van der Waals surface area contributed by atoms with Crippen LogP contribution in [-0.2, 0) is 0 Å². The molecule has 1 saturated heterocycles. The predicted octanol–water partition coefficient (Wildman–Crippen LogP) is 3.06. The molecule has 0 bridgehead atoms. The summed E-state index contributed by atoms with van der Waals surface area (Å²) in [5.41, 5.74) is 2.90. The molecule has 2 atom stereocenters. The van der Waals surface area contributed by atoms with Gasteiger partial charge in [-0.3, -0.25) is 0 Å². The van der Waals surface area contributed by atoms with Gasteiger partial charge in [-0.05, 0) is 43.4 Å². The van der Waals surface area contributed by atoms with Crippen molar-refractivity contribution in [3.63, 3.8) is 0 Å². The summed E-state index contributed by atoms with van der Waals surface area (Å²) in [4.78, 5) is 0. The van der Waals surface area contributed by atoms with Crippen LogP contribution in [0.25, 0.3) is 0 Å². The zero-order valence-electron chi connectivity index (χ0n) is 9.09. The minimum atomic E-state index is 0.590. The lowest BCUT2D eigenvalue weighted by atomic mass is 9.90. The van der Waals surface area contributed by atoms with E-state index < -0.39 is 0 Å². The van der Waals surface area contributed by atoms with Crippen LogP contribution in [-0.4, -0.2) is 6.54 Å². The summed E-state index contributed by atoms with van der Waals surface area (Å²) < 4.78 is 0. The molecule has 0 saturated carbocycles. The fourth-order valence-electron chi connectivity index (χ4n) is 2.24. The van der Waals surface area contributed by atoms with E-state index in [1.165, 1.54) is 30.5 Å². The van der Waals surface area contributed by atoms with Gasteiger partial charge in [-0.25, -0.2) is 0 Å². The van der Waals surface area contributed by atoms with Gasteiger partial charge in [0.25, 0.3) is 0 Å². The van der Waals surface area contributed by atoms with Crippen molar-refractivity contribution in [2.45, 2.75) is 32.7 Å². The van der Waals surface area contributed by atoms with Gasteiger partial charge in [-0.2, -0.15) is 0 Å². The van der Waals surface area contributed by atoms with Crippen LogP contribution >= 0.6 is 0 Å². The van der Waals surface area contributed by atoms with Crippen molar-refractivity contribution in [2.75, 3.05) is 6.54 Å². The Labute approximate surface area is 86.5 Å². The second-order valence-corrected chi connectivity index (χ2v) is 4.50. The molecule has 1 aromatic rings. The molecule has 1 nitrogen and oxygen atoms in total. The summed E-state index contributed by atoms with van der Waals surface area (Å²) >= 11 is 0. The van der Waals surface area contributed by atoms with Gasteiger partial charge < -0.3 is 5.32 Å². The van der Waals surface area contributed by atoms with Crippen LogP contribution in [0, 0.1) is 12.8 Å². The van der Waals surface area contributed by atoms with Crippen LogP contribution in [0.2, 0.25) is 0 Å². The Balaban J connectivity index is 2.12. The van der Waals surface area contributed by atoms with Crippen LogP contribution in [0.5, 0.6) is 0 Å². The standard InChI is InChI=1S/C13H19N/c1-10-7-8-13(14-9-10)12-6-4-3-5-11(12)2/h3-6,10,13-14H,7-9H2,1-2H3. The zero-order chi connectivity index (χ0) is 9.97. The molecule has 0 radical (unpaired) electrons. The maximum Gasteiger partial charge on any atom is 0.0323 e. The molecule has 1 heteroatoms. The SMILES string of the molecule is Cc1ccccc1C1CCC(C)CN1. The third-order valence-corrected chi connectivity index (χ3v) is 3.22. The maximum atomic E-state index is 3.63. The second-order valence-electron chi connectivity index (χ2n) is 4.50. The molecule has 1 aliphatic heterocycles. The number of rotatable bonds is 1. The summed E-state index contributed by atoms with van der Waals surface area (Å²) in [6.45, 7) is 5.69. The van der Waals surface area contributed by atoms with E-state index >= 15 is 0 Å². The molecular weight excluding hydrogens is 170 g/mol. The van der Waals surface area contributed by atoms with Crippen LogP contribution in [0.3, 0.4) is 0 Å². The van der Waals surface area contributed by atoms with Crippen molar-refractivity contribution in [3.05, 3.63) is 35.4 Å². The molecule has 0 aliphatic carbocycles. The van der Waals surface area contributed by atoms with Gasteiger partial charge in [0.2, 0.25) is 0 Å². The van der Waals surface area contributed by atoms with Gasteiger partial charge in [0.05, 0.1) is 0 Å². The summed E-state index contributed by atoms with van der Waals surface area (Å²) in [5, 5.41) is 3.63. The molecule has 1 aliphatic rings. The molecule has 0 aromatic heterocycles. The molecule has 2 unspecified atom stereocenters. The zero-order valence-corrected chi connectivity index (χ0v) is 9.09. The van der Waals surface area contributed by atoms with E-state index in [0.717, 1.165) is 5.92 Å². The minimum absolute atomic E-state index is 0.590. The van der Waals surface area contributed by atoms with E-state index in [1.807, 2.05) is 0 Å². The predicted molar refractivity (Wildman–Crippen MR) is 60.3 cm³/mol. The maximum absolute atomic E-state index is 3.63. The fourth-order valence-corrected chi connectivity index (χ4v) is 2.24. The summed E-state index contributed by atoms with van der Waals surface area (Å²) in [6, 6.07) is 9.30. The van der Waals surface area contributed by atoms with Crippen molar-refractivity contribution < 1.29 is 0 Å². The van der Waals surface area contributed by atoms with E-state index in [4.69, 9.17) is 0 Å². The number of benzene rings is 1. The lowest BCUT2D eigenvalue weighted by Crippen LogP contribution is -2.32. The van der Waals surface area contributed by atoms with Gasteiger partial charge in [-0.1, -0.05) is 31.2 Å². The molecule has 1 aromatic carbocycles. The molecule has 2 rings (SSSR count). The first-order valence-corrected chi connectivity index (χ1v) is 5.56. The molecule has 14 heavy (non-hydrogen) atoms. The van der Waals surface area contributed by atoms with Crippen LogP contribution in [0.1, 0.15) is 36.9 Å². The monoisotopic (exact) mass is 189 g/mol. The fraction of sp³-hybridized carbons (Fsp3) is 0.538. The van der Waals surface area contributed by atoms with E-state index in [1.54, 1.807) is 0 Å². The van der Waals surface area contributed by atoms with Crippen molar-refractivity contribution in [1.82, 2.24) is 5.32 Å². The molecule has 0 amide bonds. The Kier molecular flexibility index (Phi) is 2.87. The van der Waals surface area contributed by atoms with E-state index in [2.05, 4.69) is 43.4 Å². The Bertz CT molecular complexity index is 298. The molecule has 0 spiro atoms. The number of nitrogens with one attached hydrogen (secondary N) is 1. The quantitative estimate of drug-likeness (QED) is 0.716. The van der Waals surface area contributed by atoms with Gasteiger partial charge in [0.15, 0.2) is 0 Å². The topological polar surface area (TPSA) is 12.0 Å². The lowest BCUT2D eigenvalue weighted by Gasteiger charge is -2.29. The summed E-state index contributed by atoms with van der Waals surface area (Å²) in [7, 11) is 0. The first-order chi connectivity index (χ1) is 6.77. The second kappa shape index (κ2) is 4.14. The summed E-state index contributed by atoms with van der Waals surface area (Å²) in [6.07, 6.45) is 2.64. The highest BCUT2D eigenvalue weighted by molar-refractivity contribution is 5.28. The van der Waals surface area contributed by atoms with E-state index in [0.29, 0.717) is 6.04 Å². The van der Waals surface area contributed by atoms with Gasteiger partial charge in [0.1, 0.15) is 0 Å². The highest BCUT2D eigenvalue weighted by Crippen LogP contribution is 2.27. The van der Waals surface area contributed by atoms with E-state index in [-0.39, 0.29) is 0 Å². The number of piperidine rings is 1. The lowest BCUT2D eigenvalue weighted by molar-refractivity contribution is 0.332. The number of hydrogen-bond donors (Lipinski definition) is 1. The summed E-state index contributed by atoms with van der Waals surface area (Å²) in [5.74, 6) is 0.843. The van der Waals surface area contributed by atoms with Crippen molar-refractivity contribution >= 4 is 0 Å². The third kappa shape index (κ3) is 1.98. The highest BCUT2D eigenvalue weighted by atomic mass is 14.9. The molecule has 1 N–H and O–H groups in total. The molecule has 1 fully saturated rings. The Hall–Kier alpha value is -0.820. The Morgan fingerprint density at radius 3 is 2.64 bits per heavy atom. The van der Waals surface area contributed by atoms with E-state index in [9.17, 15) is 0 Å². The van der Waals surface area contributed by atoms with Crippen molar-refractivity contribution in [2.24, 2.45) is 5.92 Å². The first kappa shape index (κ1) is 9.72. The molecule has 76 valence electrons. The van der Waals surface area contributed by atoms with Gasteiger partial charge >= 0.3 is 0 Å². The smallest absolute Gasteiger partial charge is 0.0323 e. The van der Waals surface area contributed by atoms with Crippen LogP contribution in [0.15, 0.2) is 24.3 Å². The van der Waals surface area contributed by atoms with Crippen LogP contribution in [0.4, 0.5) is 0 Å². The number of aryl methyl sites for hydroxylation is 1. The highest BCUT2D eigenvalue weighted by Gasteiger charge is 2.19. The molecular formula is C13H19N. The average molecular weight is 189 g/mol. The average Bonchev–Trinajstić information content (AvgIpc) is 2.20. The first-order valence-electron chi connectivity index (χ1n) is 5.56. The van der Waals surface area contributed by atoms with Crippen LogP contribution < -0.4 is 5.32 Å². The normalized spacial score (nSPS) is 27.6. The van der Waals surface area contributed by atoms with Gasteiger partial charge in [-0.15, -0.1) is 0 Å². The molecule has 1 heterocycles. The minimum Gasteiger partial charge on any atom is -0.310 e.